The number of halogens is 1. The highest BCUT2D eigenvalue weighted by atomic mass is 19.1. The number of hydrogen-bond donors (Lipinski definition) is 2. The highest BCUT2D eigenvalue weighted by molar-refractivity contribution is 5.81. The first kappa shape index (κ1) is 12.1. The fourth-order valence-electron chi connectivity index (χ4n) is 1.36. The first-order chi connectivity index (χ1) is 7.45. The van der Waals surface area contributed by atoms with Crippen LogP contribution < -0.4 is 21.1 Å². The van der Waals surface area contributed by atoms with E-state index in [0.717, 1.165) is 6.07 Å². The minimum Gasteiger partial charge on any atom is -0.494 e. The molecule has 4 N–H and O–H groups in total. The van der Waals surface area contributed by atoms with Crippen LogP contribution in [0.2, 0.25) is 0 Å². The van der Waals surface area contributed by atoms with Gasteiger partial charge in [0.2, 0.25) is 5.91 Å². The number of amides is 1. The minimum atomic E-state index is -0.545. The largest absolute Gasteiger partial charge is 0.494 e. The third-order valence-corrected chi connectivity index (χ3v) is 2.11. The maximum absolute atomic E-state index is 13.2. The van der Waals surface area contributed by atoms with Gasteiger partial charge >= 0.3 is 0 Å². The molecule has 1 rings (SSSR count). The van der Waals surface area contributed by atoms with E-state index in [9.17, 15) is 9.18 Å². The molecule has 0 spiro atoms. The molecule has 0 aliphatic carbocycles. The molecule has 0 saturated heterocycles. The summed E-state index contributed by atoms with van der Waals surface area (Å²) in [6.07, 6.45) is 0. The Hall–Kier alpha value is -1.98. The lowest BCUT2D eigenvalue weighted by Crippen LogP contribution is -2.31. The zero-order valence-electron chi connectivity index (χ0n) is 9.16. The fourth-order valence-corrected chi connectivity index (χ4v) is 1.36. The summed E-state index contributed by atoms with van der Waals surface area (Å²) in [5.41, 5.74) is 11.4. The third kappa shape index (κ3) is 2.53. The Morgan fingerprint density at radius 2 is 2.19 bits per heavy atom. The van der Waals surface area contributed by atoms with Gasteiger partial charge in [0.1, 0.15) is 0 Å². The summed E-state index contributed by atoms with van der Waals surface area (Å²) in [6.45, 7) is -0.00101. The Labute approximate surface area is 92.8 Å². The van der Waals surface area contributed by atoms with E-state index in [1.54, 1.807) is 7.05 Å². The normalized spacial score (nSPS) is 9.94. The molecule has 0 saturated carbocycles. The summed E-state index contributed by atoms with van der Waals surface area (Å²) in [5, 5.41) is 0. The molecule has 16 heavy (non-hydrogen) atoms. The number of carbonyl (C=O) groups excluding carboxylic acids is 1. The number of carbonyl (C=O) groups is 1. The van der Waals surface area contributed by atoms with Gasteiger partial charge in [-0.1, -0.05) is 0 Å². The average Bonchev–Trinajstić information content (AvgIpc) is 2.16. The number of nitrogen functional groups attached to an aromatic ring is 1. The first-order valence-electron chi connectivity index (χ1n) is 4.58. The van der Waals surface area contributed by atoms with Crippen molar-refractivity contribution in [1.82, 2.24) is 0 Å². The third-order valence-electron chi connectivity index (χ3n) is 2.11. The van der Waals surface area contributed by atoms with Gasteiger partial charge in [-0.15, -0.1) is 0 Å². The standard InChI is InChI=1S/C10H14FN3O2/c1-14(5-10(13)15)8-4-9(16-2)6(11)3-7(8)12/h3-4H,5,12H2,1-2H3,(H2,13,15). The Morgan fingerprint density at radius 1 is 1.56 bits per heavy atom. The predicted octanol–water partition coefficient (Wildman–Crippen LogP) is 0.338. The van der Waals surface area contributed by atoms with Gasteiger partial charge in [-0.25, -0.2) is 4.39 Å². The summed E-state index contributed by atoms with van der Waals surface area (Å²) >= 11 is 0. The molecular weight excluding hydrogens is 213 g/mol. The van der Waals surface area contributed by atoms with E-state index in [0.29, 0.717) is 5.69 Å². The zero-order valence-corrected chi connectivity index (χ0v) is 9.16. The van der Waals surface area contributed by atoms with Gasteiger partial charge in [0.25, 0.3) is 0 Å². The van der Waals surface area contributed by atoms with Gasteiger partial charge < -0.3 is 21.1 Å². The van der Waals surface area contributed by atoms with Gasteiger partial charge in [-0.2, -0.15) is 0 Å². The van der Waals surface area contributed by atoms with Crippen LogP contribution in [0.4, 0.5) is 15.8 Å². The van der Waals surface area contributed by atoms with Crippen LogP contribution in [0.1, 0.15) is 0 Å². The average molecular weight is 227 g/mol. The van der Waals surface area contributed by atoms with E-state index >= 15 is 0 Å². The van der Waals surface area contributed by atoms with Crippen molar-refractivity contribution >= 4 is 17.3 Å². The number of hydrogen-bond acceptors (Lipinski definition) is 4. The van der Waals surface area contributed by atoms with Crippen LogP contribution in [-0.4, -0.2) is 26.6 Å². The summed E-state index contributed by atoms with van der Waals surface area (Å²) in [6, 6.07) is 2.57. The van der Waals surface area contributed by atoms with Crippen LogP contribution in [-0.2, 0) is 4.79 Å². The number of nitrogens with two attached hydrogens (primary N) is 2. The van der Waals surface area contributed by atoms with Crippen molar-refractivity contribution in [2.75, 3.05) is 31.3 Å². The maximum Gasteiger partial charge on any atom is 0.236 e. The van der Waals surface area contributed by atoms with E-state index < -0.39 is 11.7 Å². The zero-order chi connectivity index (χ0) is 12.3. The molecule has 0 radical (unpaired) electrons. The highest BCUT2D eigenvalue weighted by Crippen LogP contribution is 2.29. The van der Waals surface area contributed by atoms with E-state index in [-0.39, 0.29) is 18.0 Å². The van der Waals surface area contributed by atoms with Crippen molar-refractivity contribution in [1.29, 1.82) is 0 Å². The molecule has 5 nitrogen and oxygen atoms in total. The van der Waals surface area contributed by atoms with E-state index in [4.69, 9.17) is 16.2 Å². The highest BCUT2D eigenvalue weighted by Gasteiger charge is 2.12. The summed E-state index contributed by atoms with van der Waals surface area (Å²) in [4.78, 5) is 12.3. The van der Waals surface area contributed by atoms with Crippen LogP contribution in [0.3, 0.4) is 0 Å². The van der Waals surface area contributed by atoms with Crippen LogP contribution in [0.15, 0.2) is 12.1 Å². The molecule has 6 heteroatoms. The Kier molecular flexibility index (Phi) is 3.55. The molecule has 88 valence electrons. The maximum atomic E-state index is 13.2. The van der Waals surface area contributed by atoms with Crippen molar-refractivity contribution in [2.45, 2.75) is 0 Å². The van der Waals surface area contributed by atoms with Gasteiger partial charge in [-0.05, 0) is 0 Å². The summed E-state index contributed by atoms with van der Waals surface area (Å²) < 4.78 is 18.1. The lowest BCUT2D eigenvalue weighted by molar-refractivity contribution is -0.116. The second-order valence-electron chi connectivity index (χ2n) is 3.37. The molecule has 0 bridgehead atoms. The van der Waals surface area contributed by atoms with Crippen LogP contribution in [0.25, 0.3) is 0 Å². The second-order valence-corrected chi connectivity index (χ2v) is 3.37. The molecule has 0 aliphatic heterocycles. The van der Waals surface area contributed by atoms with Gasteiger partial charge in [0.05, 0.1) is 25.0 Å². The minimum absolute atomic E-state index is 0.00101. The monoisotopic (exact) mass is 227 g/mol. The SMILES string of the molecule is COc1cc(N(C)CC(N)=O)c(N)cc1F. The Balaban J connectivity index is 3.08. The first-order valence-corrected chi connectivity index (χ1v) is 4.58. The topological polar surface area (TPSA) is 81.6 Å². The van der Waals surface area contributed by atoms with Crippen LogP contribution in [0, 0.1) is 5.82 Å². The molecular formula is C10H14FN3O2. The number of likely N-dealkylation sites (N-methyl/N-ethyl adjacent to an activating group) is 1. The number of anilines is 2. The van der Waals surface area contributed by atoms with Crippen molar-refractivity contribution in [3.63, 3.8) is 0 Å². The number of benzene rings is 1. The number of rotatable bonds is 4. The number of methoxy groups -OCH3 is 1. The molecule has 0 fully saturated rings. The molecule has 0 atom stereocenters. The fraction of sp³-hybridized carbons (Fsp3) is 0.300. The van der Waals surface area contributed by atoms with Gasteiger partial charge in [-0.3, -0.25) is 4.79 Å². The Bertz CT molecular complexity index is 409. The second kappa shape index (κ2) is 4.69. The molecule has 0 unspecified atom stereocenters. The van der Waals surface area contributed by atoms with Crippen molar-refractivity contribution in [3.05, 3.63) is 17.9 Å². The summed E-state index contributed by atoms with van der Waals surface area (Å²) in [5.74, 6) is -0.970. The van der Waals surface area contributed by atoms with E-state index in [2.05, 4.69) is 0 Å². The van der Waals surface area contributed by atoms with Gasteiger partial charge in [0, 0.05) is 19.2 Å². The molecule has 1 aromatic carbocycles. The summed E-state index contributed by atoms with van der Waals surface area (Å²) in [7, 11) is 2.99. The van der Waals surface area contributed by atoms with Crippen LogP contribution in [0.5, 0.6) is 5.75 Å². The molecule has 1 amide bonds. The van der Waals surface area contributed by atoms with E-state index in [1.807, 2.05) is 0 Å². The Morgan fingerprint density at radius 3 is 2.69 bits per heavy atom. The molecule has 1 aromatic rings. The lowest BCUT2D eigenvalue weighted by atomic mass is 10.2. The predicted molar refractivity (Wildman–Crippen MR) is 59.8 cm³/mol. The van der Waals surface area contributed by atoms with Gasteiger partial charge in [0.15, 0.2) is 11.6 Å². The van der Waals surface area contributed by atoms with Crippen molar-refractivity contribution in [2.24, 2.45) is 5.73 Å². The molecule has 0 heterocycles. The van der Waals surface area contributed by atoms with Crippen molar-refractivity contribution in [3.8, 4) is 5.75 Å². The molecule has 0 aliphatic rings. The van der Waals surface area contributed by atoms with Crippen molar-refractivity contribution < 1.29 is 13.9 Å². The number of primary amides is 1. The quantitative estimate of drug-likeness (QED) is 0.727. The molecule has 0 aromatic heterocycles. The number of nitrogens with zero attached hydrogens (tertiary/aromatic N) is 1. The lowest BCUT2D eigenvalue weighted by Gasteiger charge is -2.20. The van der Waals surface area contributed by atoms with E-state index in [1.165, 1.54) is 18.1 Å². The number of ether oxygens (including phenoxy) is 1. The van der Waals surface area contributed by atoms with Crippen LogP contribution >= 0.6 is 0 Å². The smallest absolute Gasteiger partial charge is 0.236 e.